The number of methoxy groups -OCH3 is 1. The van der Waals surface area contributed by atoms with Crippen molar-refractivity contribution in [3.63, 3.8) is 0 Å². The summed E-state index contributed by atoms with van der Waals surface area (Å²) >= 11 is 0. The van der Waals surface area contributed by atoms with Gasteiger partial charge in [-0.3, -0.25) is 4.99 Å². The molecular formula is C22H30F2IN5O2. The Bertz CT molecular complexity index is 879. The first-order valence-electron chi connectivity index (χ1n) is 10.3. The smallest absolute Gasteiger partial charge is 0.387 e. The second-order valence-corrected chi connectivity index (χ2v) is 7.20. The van der Waals surface area contributed by atoms with Gasteiger partial charge in [-0.15, -0.1) is 24.0 Å². The van der Waals surface area contributed by atoms with Crippen LogP contribution in [0.1, 0.15) is 30.4 Å². The number of ether oxygens (including phenoxy) is 2. The van der Waals surface area contributed by atoms with Crippen LogP contribution in [-0.4, -0.2) is 44.8 Å². The standard InChI is InChI=1S/C22H29F2N5O2.HI/c1-25-22(28-15-17-13-18(30-2)6-7-19(17)31-21(23)24)27-14-16-8-9-26-20(12-16)29-10-4-3-5-11-29;/h6-9,12-13,21H,3-5,10-11,14-15H2,1-2H3,(H2,25,27,28);1H. The van der Waals surface area contributed by atoms with Gasteiger partial charge in [-0.25, -0.2) is 4.98 Å². The fourth-order valence-corrected chi connectivity index (χ4v) is 3.48. The summed E-state index contributed by atoms with van der Waals surface area (Å²) in [7, 11) is 3.18. The Morgan fingerprint density at radius 3 is 2.56 bits per heavy atom. The zero-order valence-electron chi connectivity index (χ0n) is 18.3. The lowest BCUT2D eigenvalue weighted by Crippen LogP contribution is -2.36. The third-order valence-electron chi connectivity index (χ3n) is 5.10. The molecule has 7 nitrogen and oxygen atoms in total. The van der Waals surface area contributed by atoms with Gasteiger partial charge in [0, 0.05) is 45.0 Å². The molecule has 32 heavy (non-hydrogen) atoms. The number of aromatic nitrogens is 1. The second-order valence-electron chi connectivity index (χ2n) is 7.20. The Hall–Kier alpha value is -2.37. The molecule has 0 amide bonds. The van der Waals surface area contributed by atoms with Gasteiger partial charge in [0.1, 0.15) is 17.3 Å². The van der Waals surface area contributed by atoms with E-state index in [1.807, 2.05) is 12.3 Å². The minimum atomic E-state index is -2.90. The maximum atomic E-state index is 12.7. The second kappa shape index (κ2) is 13.2. The molecular weight excluding hydrogens is 531 g/mol. The third-order valence-corrected chi connectivity index (χ3v) is 5.10. The molecule has 2 aromatic rings. The van der Waals surface area contributed by atoms with E-state index in [1.54, 1.807) is 19.2 Å². The molecule has 1 aromatic carbocycles. The number of nitrogens with zero attached hydrogens (tertiary/aromatic N) is 3. The molecule has 3 rings (SSSR count). The molecule has 2 N–H and O–H groups in total. The van der Waals surface area contributed by atoms with Crippen LogP contribution in [0.25, 0.3) is 0 Å². The average molecular weight is 561 g/mol. The number of anilines is 1. The van der Waals surface area contributed by atoms with E-state index in [1.165, 1.54) is 32.4 Å². The summed E-state index contributed by atoms with van der Waals surface area (Å²) in [6.07, 6.45) is 5.49. The highest BCUT2D eigenvalue weighted by Crippen LogP contribution is 2.25. The van der Waals surface area contributed by atoms with Crippen molar-refractivity contribution >= 4 is 35.8 Å². The minimum Gasteiger partial charge on any atom is -0.497 e. The van der Waals surface area contributed by atoms with Crippen molar-refractivity contribution in [3.8, 4) is 11.5 Å². The van der Waals surface area contributed by atoms with Crippen LogP contribution in [0.15, 0.2) is 41.5 Å². The van der Waals surface area contributed by atoms with Gasteiger partial charge in [-0.2, -0.15) is 8.78 Å². The molecule has 1 aliphatic rings. The van der Waals surface area contributed by atoms with Crippen LogP contribution in [0.2, 0.25) is 0 Å². The largest absolute Gasteiger partial charge is 0.497 e. The van der Waals surface area contributed by atoms with Crippen LogP contribution < -0.4 is 25.0 Å². The van der Waals surface area contributed by atoms with Gasteiger partial charge in [0.15, 0.2) is 5.96 Å². The van der Waals surface area contributed by atoms with Crippen LogP contribution in [0, 0.1) is 0 Å². The van der Waals surface area contributed by atoms with Crippen molar-refractivity contribution in [2.75, 3.05) is 32.1 Å². The number of guanidine groups is 1. The number of aliphatic imine (C=N–C) groups is 1. The number of nitrogens with one attached hydrogen (secondary N) is 2. The van der Waals surface area contributed by atoms with Gasteiger partial charge < -0.3 is 25.0 Å². The maximum absolute atomic E-state index is 12.7. The topological polar surface area (TPSA) is 71.0 Å². The summed E-state index contributed by atoms with van der Waals surface area (Å²) in [5.41, 5.74) is 1.63. The fourth-order valence-electron chi connectivity index (χ4n) is 3.48. The van der Waals surface area contributed by atoms with Crippen molar-refractivity contribution in [2.24, 2.45) is 4.99 Å². The molecule has 176 valence electrons. The highest BCUT2D eigenvalue weighted by Gasteiger charge is 2.13. The maximum Gasteiger partial charge on any atom is 0.387 e. The first-order chi connectivity index (χ1) is 15.1. The van der Waals surface area contributed by atoms with E-state index >= 15 is 0 Å². The average Bonchev–Trinajstić information content (AvgIpc) is 2.80. The van der Waals surface area contributed by atoms with Gasteiger partial charge in [0.25, 0.3) is 0 Å². The number of alkyl halides is 2. The number of benzene rings is 1. The van der Waals surface area contributed by atoms with Gasteiger partial charge in [-0.05, 0) is 55.2 Å². The highest BCUT2D eigenvalue weighted by atomic mass is 127. The van der Waals surface area contributed by atoms with Gasteiger partial charge in [0.05, 0.1) is 7.11 Å². The zero-order valence-corrected chi connectivity index (χ0v) is 20.6. The minimum absolute atomic E-state index is 0. The Kier molecular flexibility index (Phi) is 10.7. The molecule has 10 heteroatoms. The van der Waals surface area contributed by atoms with E-state index < -0.39 is 6.61 Å². The van der Waals surface area contributed by atoms with Gasteiger partial charge in [0.2, 0.25) is 0 Å². The van der Waals surface area contributed by atoms with E-state index in [9.17, 15) is 8.78 Å². The molecule has 0 bridgehead atoms. The van der Waals surface area contributed by atoms with Crippen molar-refractivity contribution in [1.82, 2.24) is 15.6 Å². The summed E-state index contributed by atoms with van der Waals surface area (Å²) in [6, 6.07) is 8.76. The Labute approximate surface area is 204 Å². The SMILES string of the molecule is CN=C(NCc1ccnc(N2CCCCC2)c1)NCc1cc(OC)ccc1OC(F)F.I. The predicted octanol–water partition coefficient (Wildman–Crippen LogP) is 4.17. The fraction of sp³-hybridized carbons (Fsp3) is 0.455. The van der Waals surface area contributed by atoms with Crippen LogP contribution in [0.3, 0.4) is 0 Å². The third kappa shape index (κ3) is 7.64. The molecule has 1 fully saturated rings. The van der Waals surface area contributed by atoms with Gasteiger partial charge >= 0.3 is 6.61 Å². The van der Waals surface area contributed by atoms with Crippen molar-refractivity contribution in [3.05, 3.63) is 47.7 Å². The van der Waals surface area contributed by atoms with Crippen LogP contribution >= 0.6 is 24.0 Å². The van der Waals surface area contributed by atoms with E-state index in [2.05, 4.69) is 36.3 Å². The molecule has 0 saturated carbocycles. The Morgan fingerprint density at radius 1 is 1.12 bits per heavy atom. The monoisotopic (exact) mass is 561 g/mol. The summed E-state index contributed by atoms with van der Waals surface area (Å²) in [5, 5.41) is 6.38. The van der Waals surface area contributed by atoms with E-state index in [0.717, 1.165) is 24.5 Å². The number of rotatable bonds is 8. The molecule has 0 atom stereocenters. The number of hydrogen-bond acceptors (Lipinski definition) is 5. The molecule has 1 aliphatic heterocycles. The van der Waals surface area contributed by atoms with Crippen molar-refractivity contribution in [1.29, 1.82) is 0 Å². The van der Waals surface area contributed by atoms with Gasteiger partial charge in [-0.1, -0.05) is 0 Å². The number of halogens is 3. The Balaban J connectivity index is 0.00000363. The first-order valence-corrected chi connectivity index (χ1v) is 10.3. The number of piperidine rings is 1. The van der Waals surface area contributed by atoms with E-state index in [0.29, 0.717) is 23.8 Å². The molecule has 0 spiro atoms. The normalized spacial score (nSPS) is 14.0. The zero-order chi connectivity index (χ0) is 22.1. The lowest BCUT2D eigenvalue weighted by atomic mass is 10.1. The van der Waals surface area contributed by atoms with E-state index in [-0.39, 0.29) is 36.3 Å². The number of hydrogen-bond donors (Lipinski definition) is 2. The molecule has 1 saturated heterocycles. The van der Waals surface area contributed by atoms with E-state index in [4.69, 9.17) is 4.74 Å². The predicted molar refractivity (Wildman–Crippen MR) is 132 cm³/mol. The number of pyridine rings is 1. The molecule has 2 heterocycles. The van der Waals surface area contributed by atoms with Crippen molar-refractivity contribution < 1.29 is 18.3 Å². The molecule has 1 aromatic heterocycles. The lowest BCUT2D eigenvalue weighted by Gasteiger charge is -2.28. The summed E-state index contributed by atoms with van der Waals surface area (Å²) < 4.78 is 35.2. The molecule has 0 radical (unpaired) electrons. The quantitative estimate of drug-likeness (QED) is 0.287. The lowest BCUT2D eigenvalue weighted by molar-refractivity contribution is -0.0505. The molecule has 0 unspecified atom stereocenters. The summed E-state index contributed by atoms with van der Waals surface area (Å²) in [6.45, 7) is -0.0197. The highest BCUT2D eigenvalue weighted by molar-refractivity contribution is 14.0. The Morgan fingerprint density at radius 2 is 1.88 bits per heavy atom. The van der Waals surface area contributed by atoms with Crippen molar-refractivity contribution in [2.45, 2.75) is 39.0 Å². The van der Waals surface area contributed by atoms with Crippen LogP contribution in [0.5, 0.6) is 11.5 Å². The van der Waals surface area contributed by atoms with Crippen LogP contribution in [-0.2, 0) is 13.1 Å². The molecule has 0 aliphatic carbocycles. The summed E-state index contributed by atoms with van der Waals surface area (Å²) in [4.78, 5) is 11.0. The first kappa shape index (κ1) is 25.9. The summed E-state index contributed by atoms with van der Waals surface area (Å²) in [5.74, 6) is 2.19. The van der Waals surface area contributed by atoms with Crippen LogP contribution in [0.4, 0.5) is 14.6 Å².